The first-order valence-corrected chi connectivity index (χ1v) is 6.78. The lowest BCUT2D eigenvalue weighted by molar-refractivity contribution is 0.0697. The van der Waals surface area contributed by atoms with Crippen molar-refractivity contribution in [3.63, 3.8) is 0 Å². The minimum absolute atomic E-state index is 0.00374. The van der Waals surface area contributed by atoms with Gasteiger partial charge < -0.3 is 15.6 Å². The molecule has 0 atom stereocenters. The van der Waals surface area contributed by atoms with Crippen molar-refractivity contribution in [2.75, 3.05) is 5.73 Å². The minimum Gasteiger partial charge on any atom is -0.478 e. The van der Waals surface area contributed by atoms with E-state index in [-0.39, 0.29) is 11.3 Å². The molecule has 0 fully saturated rings. The number of anilines is 1. The van der Waals surface area contributed by atoms with Gasteiger partial charge in [0, 0.05) is 36.8 Å². The van der Waals surface area contributed by atoms with Crippen LogP contribution < -0.4 is 10.5 Å². The van der Waals surface area contributed by atoms with E-state index in [4.69, 9.17) is 15.6 Å². The number of ether oxygens (including phenoxy) is 1. The van der Waals surface area contributed by atoms with Crippen molar-refractivity contribution < 1.29 is 14.6 Å². The summed E-state index contributed by atoms with van der Waals surface area (Å²) in [5, 5.41) is 13.2. The molecule has 2 aromatic heterocycles. The maximum atomic E-state index is 11.1. The molecule has 2 heterocycles. The van der Waals surface area contributed by atoms with E-state index in [1.54, 1.807) is 35.3 Å². The third kappa shape index (κ3) is 3.13. The fourth-order valence-corrected chi connectivity index (χ4v) is 2.11. The molecular formula is C16H14N4O3. The van der Waals surface area contributed by atoms with Crippen molar-refractivity contribution in [1.29, 1.82) is 0 Å². The highest BCUT2D eigenvalue weighted by Gasteiger charge is 2.10. The second kappa shape index (κ2) is 5.80. The normalized spacial score (nSPS) is 10.5. The molecule has 23 heavy (non-hydrogen) atoms. The topological polar surface area (TPSA) is 103 Å². The Balaban J connectivity index is 1.89. The van der Waals surface area contributed by atoms with Crippen LogP contribution in [0.4, 0.5) is 5.69 Å². The number of benzene rings is 1. The van der Waals surface area contributed by atoms with Crippen molar-refractivity contribution in [2.24, 2.45) is 7.05 Å². The van der Waals surface area contributed by atoms with Crippen molar-refractivity contribution in [3.05, 3.63) is 54.5 Å². The van der Waals surface area contributed by atoms with Crippen LogP contribution in [-0.4, -0.2) is 25.8 Å². The average molecular weight is 310 g/mol. The Labute approximate surface area is 132 Å². The summed E-state index contributed by atoms with van der Waals surface area (Å²) in [5.41, 5.74) is 7.40. The summed E-state index contributed by atoms with van der Waals surface area (Å²) in [7, 11) is 1.83. The van der Waals surface area contributed by atoms with E-state index in [1.807, 2.05) is 13.2 Å². The van der Waals surface area contributed by atoms with Crippen LogP contribution in [0, 0.1) is 0 Å². The number of carbonyl (C=O) groups is 1. The molecule has 0 aliphatic carbocycles. The molecule has 0 radical (unpaired) electrons. The van der Waals surface area contributed by atoms with Gasteiger partial charge in [0.25, 0.3) is 0 Å². The first-order valence-electron chi connectivity index (χ1n) is 6.78. The third-order valence-electron chi connectivity index (χ3n) is 3.22. The molecule has 0 bridgehead atoms. The number of rotatable bonds is 4. The number of pyridine rings is 1. The first kappa shape index (κ1) is 14.6. The number of hydrogen-bond donors (Lipinski definition) is 2. The van der Waals surface area contributed by atoms with Crippen LogP contribution in [0.15, 0.2) is 48.9 Å². The molecule has 0 spiro atoms. The summed E-state index contributed by atoms with van der Waals surface area (Å²) >= 11 is 0. The first-order chi connectivity index (χ1) is 11.0. The molecule has 116 valence electrons. The lowest BCUT2D eigenvalue weighted by Gasteiger charge is -2.08. The molecule has 0 amide bonds. The molecule has 1 aromatic carbocycles. The summed E-state index contributed by atoms with van der Waals surface area (Å²) in [6, 6.07) is 7.96. The van der Waals surface area contributed by atoms with E-state index in [9.17, 15) is 4.79 Å². The number of aromatic nitrogens is 3. The Morgan fingerprint density at radius 2 is 2.04 bits per heavy atom. The van der Waals surface area contributed by atoms with E-state index >= 15 is 0 Å². The SMILES string of the molecule is Cn1cc(-c2cc(Oc3ccc(N)c(C(=O)O)c3)ccn2)cn1. The molecule has 7 heteroatoms. The number of nitrogens with two attached hydrogens (primary N) is 1. The van der Waals surface area contributed by atoms with E-state index in [1.165, 1.54) is 12.1 Å². The Bertz CT molecular complexity index is 873. The maximum absolute atomic E-state index is 11.1. The van der Waals surface area contributed by atoms with Crippen LogP contribution in [0.25, 0.3) is 11.3 Å². The van der Waals surface area contributed by atoms with Crippen molar-refractivity contribution in [1.82, 2.24) is 14.8 Å². The quantitative estimate of drug-likeness (QED) is 0.718. The third-order valence-corrected chi connectivity index (χ3v) is 3.22. The van der Waals surface area contributed by atoms with Crippen LogP contribution in [0.2, 0.25) is 0 Å². The van der Waals surface area contributed by atoms with E-state index in [2.05, 4.69) is 10.1 Å². The number of nitrogens with zero attached hydrogens (tertiary/aromatic N) is 3. The Morgan fingerprint density at radius 1 is 1.26 bits per heavy atom. The zero-order valence-corrected chi connectivity index (χ0v) is 12.3. The van der Waals surface area contributed by atoms with Gasteiger partial charge in [0.2, 0.25) is 0 Å². The molecule has 0 aliphatic rings. The van der Waals surface area contributed by atoms with Crippen LogP contribution in [0.1, 0.15) is 10.4 Å². The second-order valence-corrected chi connectivity index (χ2v) is 4.94. The smallest absolute Gasteiger partial charge is 0.337 e. The van der Waals surface area contributed by atoms with Crippen LogP contribution in [-0.2, 0) is 7.05 Å². The molecule has 7 nitrogen and oxygen atoms in total. The zero-order chi connectivity index (χ0) is 16.4. The Morgan fingerprint density at radius 3 is 2.74 bits per heavy atom. The standard InChI is InChI=1S/C16H14N4O3/c1-20-9-10(8-19-20)15-7-12(4-5-18-15)23-11-2-3-14(17)13(6-11)16(21)22/h2-9H,17H2,1H3,(H,21,22). The molecule has 0 aliphatic heterocycles. The monoisotopic (exact) mass is 310 g/mol. The van der Waals surface area contributed by atoms with Gasteiger partial charge in [0.1, 0.15) is 11.5 Å². The second-order valence-electron chi connectivity index (χ2n) is 4.94. The number of aromatic carboxylic acids is 1. The van der Waals surface area contributed by atoms with Gasteiger partial charge in [0.15, 0.2) is 0 Å². The van der Waals surface area contributed by atoms with Gasteiger partial charge in [-0.2, -0.15) is 5.10 Å². The van der Waals surface area contributed by atoms with Crippen molar-refractivity contribution in [2.45, 2.75) is 0 Å². The fourth-order valence-electron chi connectivity index (χ4n) is 2.11. The van der Waals surface area contributed by atoms with Gasteiger partial charge in [-0.15, -0.1) is 0 Å². The average Bonchev–Trinajstić information content (AvgIpc) is 2.96. The molecule has 0 saturated carbocycles. The Hall–Kier alpha value is -3.35. The maximum Gasteiger partial charge on any atom is 0.337 e. The lowest BCUT2D eigenvalue weighted by atomic mass is 10.1. The molecule has 3 rings (SSSR count). The van der Waals surface area contributed by atoms with Crippen LogP contribution in [0.5, 0.6) is 11.5 Å². The van der Waals surface area contributed by atoms with E-state index in [0.717, 1.165) is 5.56 Å². The van der Waals surface area contributed by atoms with Gasteiger partial charge >= 0.3 is 5.97 Å². The molecule has 0 saturated heterocycles. The van der Waals surface area contributed by atoms with Crippen molar-refractivity contribution >= 4 is 11.7 Å². The highest BCUT2D eigenvalue weighted by atomic mass is 16.5. The van der Waals surface area contributed by atoms with Gasteiger partial charge in [-0.3, -0.25) is 9.67 Å². The largest absolute Gasteiger partial charge is 0.478 e. The highest BCUT2D eigenvalue weighted by molar-refractivity contribution is 5.94. The summed E-state index contributed by atoms with van der Waals surface area (Å²) in [5.74, 6) is -0.168. The molecule has 0 unspecified atom stereocenters. The van der Waals surface area contributed by atoms with Gasteiger partial charge in [-0.25, -0.2) is 4.79 Å². The number of carboxylic acid groups (broad SMARTS) is 1. The molecule has 3 aromatic rings. The number of nitrogen functional groups attached to an aromatic ring is 1. The lowest BCUT2D eigenvalue weighted by Crippen LogP contribution is -2.02. The van der Waals surface area contributed by atoms with Gasteiger partial charge in [-0.05, 0) is 24.3 Å². The summed E-state index contributed by atoms with van der Waals surface area (Å²) < 4.78 is 7.39. The minimum atomic E-state index is -1.10. The van der Waals surface area contributed by atoms with Crippen LogP contribution in [0.3, 0.4) is 0 Å². The number of hydrogen-bond acceptors (Lipinski definition) is 5. The highest BCUT2D eigenvalue weighted by Crippen LogP contribution is 2.27. The number of carboxylic acids is 1. The van der Waals surface area contributed by atoms with E-state index in [0.29, 0.717) is 17.2 Å². The van der Waals surface area contributed by atoms with E-state index < -0.39 is 5.97 Å². The Kier molecular flexibility index (Phi) is 3.68. The molecule has 3 N–H and O–H groups in total. The molecular weight excluding hydrogens is 296 g/mol. The summed E-state index contributed by atoms with van der Waals surface area (Å²) in [6.07, 6.45) is 5.17. The summed E-state index contributed by atoms with van der Waals surface area (Å²) in [4.78, 5) is 15.4. The predicted molar refractivity (Wildman–Crippen MR) is 84.3 cm³/mol. The van der Waals surface area contributed by atoms with Gasteiger partial charge in [-0.1, -0.05) is 0 Å². The predicted octanol–water partition coefficient (Wildman–Crippen LogP) is 2.55. The number of aryl methyl sites for hydroxylation is 1. The fraction of sp³-hybridized carbons (Fsp3) is 0.0625. The van der Waals surface area contributed by atoms with Crippen LogP contribution >= 0.6 is 0 Å². The van der Waals surface area contributed by atoms with Gasteiger partial charge in [0.05, 0.1) is 17.5 Å². The van der Waals surface area contributed by atoms with Crippen molar-refractivity contribution in [3.8, 4) is 22.8 Å². The zero-order valence-electron chi connectivity index (χ0n) is 12.3. The summed E-state index contributed by atoms with van der Waals surface area (Å²) in [6.45, 7) is 0.